The third kappa shape index (κ3) is 2.38. The number of rotatable bonds is 3. The summed E-state index contributed by atoms with van der Waals surface area (Å²) in [6.07, 6.45) is -0.473. The molecular formula is C19H23N5O2. The van der Waals surface area contributed by atoms with Crippen LogP contribution in [0.2, 0.25) is 0 Å². The lowest BCUT2D eigenvalue weighted by atomic mass is 10.1. The third-order valence-electron chi connectivity index (χ3n) is 5.12. The summed E-state index contributed by atoms with van der Waals surface area (Å²) in [7, 11) is 1.71. The second-order valence-corrected chi connectivity index (χ2v) is 7.25. The number of benzene rings is 1. The molecule has 136 valence electrons. The van der Waals surface area contributed by atoms with E-state index in [1.807, 2.05) is 24.0 Å². The molecule has 1 aromatic rings. The minimum atomic E-state index is -0.473. The van der Waals surface area contributed by atoms with Gasteiger partial charge in [-0.3, -0.25) is 9.69 Å². The maximum Gasteiger partial charge on any atom is 0.328 e. The lowest BCUT2D eigenvalue weighted by Crippen LogP contribution is -2.65. The van der Waals surface area contributed by atoms with Gasteiger partial charge >= 0.3 is 6.03 Å². The molecule has 2 unspecified atom stereocenters. The summed E-state index contributed by atoms with van der Waals surface area (Å²) in [4.78, 5) is 37.4. The maximum absolute atomic E-state index is 13.0. The number of fused-ring (bicyclic) bond motifs is 3. The molecule has 0 bridgehead atoms. The highest BCUT2D eigenvalue weighted by molar-refractivity contribution is 6.08. The molecule has 2 saturated heterocycles. The molecule has 0 aromatic heterocycles. The van der Waals surface area contributed by atoms with E-state index in [9.17, 15) is 9.59 Å². The number of likely N-dealkylation sites (N-methyl/N-ethyl adjacent to an activating group) is 1. The van der Waals surface area contributed by atoms with Crippen LogP contribution in [0.3, 0.4) is 0 Å². The van der Waals surface area contributed by atoms with Gasteiger partial charge in [0.25, 0.3) is 5.91 Å². The number of hydrogen-bond acceptors (Lipinski definition) is 5. The van der Waals surface area contributed by atoms with Crippen LogP contribution in [0.15, 0.2) is 41.4 Å². The fourth-order valence-electron chi connectivity index (χ4n) is 3.89. The molecule has 1 aromatic carbocycles. The molecule has 0 N–H and O–H groups in total. The first-order chi connectivity index (χ1) is 12.4. The van der Waals surface area contributed by atoms with E-state index in [4.69, 9.17) is 4.99 Å². The fraction of sp³-hybridized carbons (Fsp3) is 0.421. The Morgan fingerprint density at radius 1 is 1.31 bits per heavy atom. The van der Waals surface area contributed by atoms with Crippen molar-refractivity contribution in [3.8, 4) is 0 Å². The number of aliphatic imine (C=N–C) groups is 1. The van der Waals surface area contributed by atoms with E-state index < -0.39 is 12.2 Å². The van der Waals surface area contributed by atoms with Crippen LogP contribution in [0.4, 0.5) is 10.5 Å². The van der Waals surface area contributed by atoms with E-state index in [2.05, 4.69) is 30.5 Å². The first kappa shape index (κ1) is 16.6. The minimum Gasteiger partial charge on any atom is -0.325 e. The number of aryl methyl sites for hydroxylation is 1. The molecular weight excluding hydrogens is 330 g/mol. The molecule has 0 saturated carbocycles. The van der Waals surface area contributed by atoms with Crippen molar-refractivity contribution in [3.05, 3.63) is 42.0 Å². The summed E-state index contributed by atoms with van der Waals surface area (Å²) in [5.41, 5.74) is 3.01. The molecule has 0 aliphatic carbocycles. The summed E-state index contributed by atoms with van der Waals surface area (Å²) in [6, 6.07) is 7.46. The normalized spacial score (nSPS) is 24.8. The number of anilines is 1. The maximum atomic E-state index is 13.0. The number of imide groups is 1. The van der Waals surface area contributed by atoms with Gasteiger partial charge in [-0.1, -0.05) is 24.3 Å². The van der Waals surface area contributed by atoms with Crippen molar-refractivity contribution in [1.29, 1.82) is 0 Å². The summed E-state index contributed by atoms with van der Waals surface area (Å²) < 4.78 is 0. The SMILES string of the molecule is C=C(C)CN1C(=O)C2C(N=C3N(c4cccc(C)c4)CCN32)N(C)C1=O. The molecule has 2 fully saturated rings. The van der Waals surface area contributed by atoms with Gasteiger partial charge in [-0.2, -0.15) is 0 Å². The summed E-state index contributed by atoms with van der Waals surface area (Å²) >= 11 is 0. The van der Waals surface area contributed by atoms with Gasteiger partial charge in [-0.05, 0) is 31.5 Å². The molecule has 7 nitrogen and oxygen atoms in total. The van der Waals surface area contributed by atoms with Crippen molar-refractivity contribution in [3.63, 3.8) is 0 Å². The van der Waals surface area contributed by atoms with Crippen molar-refractivity contribution in [1.82, 2.24) is 14.7 Å². The van der Waals surface area contributed by atoms with E-state index in [0.29, 0.717) is 6.54 Å². The van der Waals surface area contributed by atoms with Crippen LogP contribution < -0.4 is 4.90 Å². The van der Waals surface area contributed by atoms with Gasteiger partial charge in [-0.25, -0.2) is 9.79 Å². The third-order valence-corrected chi connectivity index (χ3v) is 5.12. The molecule has 0 radical (unpaired) electrons. The van der Waals surface area contributed by atoms with E-state index in [0.717, 1.165) is 23.8 Å². The van der Waals surface area contributed by atoms with Crippen molar-refractivity contribution >= 4 is 23.6 Å². The Morgan fingerprint density at radius 2 is 2.08 bits per heavy atom. The number of hydrogen-bond donors (Lipinski definition) is 0. The van der Waals surface area contributed by atoms with Gasteiger partial charge in [-0.15, -0.1) is 0 Å². The molecule has 0 spiro atoms. The standard InChI is InChI=1S/C19H23N5O2/c1-12(2)11-24-17(25)15-16(21(4)19(24)26)20-18-22(8-9-23(15)18)14-7-5-6-13(3)10-14/h5-7,10,15-16H,1,8-9,11H2,2-4H3. The molecule has 4 rings (SSSR count). The van der Waals surface area contributed by atoms with Crippen molar-refractivity contribution < 1.29 is 9.59 Å². The van der Waals surface area contributed by atoms with Crippen LogP contribution in [-0.4, -0.2) is 71.5 Å². The Morgan fingerprint density at radius 3 is 2.77 bits per heavy atom. The zero-order valence-electron chi connectivity index (χ0n) is 15.3. The highest BCUT2D eigenvalue weighted by atomic mass is 16.2. The topological polar surface area (TPSA) is 59.5 Å². The monoisotopic (exact) mass is 353 g/mol. The molecule has 2 atom stereocenters. The predicted molar refractivity (Wildman–Crippen MR) is 99.9 cm³/mol. The molecule has 26 heavy (non-hydrogen) atoms. The Hall–Kier alpha value is -2.83. The van der Waals surface area contributed by atoms with Crippen LogP contribution in [-0.2, 0) is 4.79 Å². The van der Waals surface area contributed by atoms with E-state index >= 15 is 0 Å². The number of guanidine groups is 1. The van der Waals surface area contributed by atoms with Crippen molar-refractivity contribution in [2.75, 3.05) is 31.6 Å². The molecule has 7 heteroatoms. The first-order valence-corrected chi connectivity index (χ1v) is 8.79. The van der Waals surface area contributed by atoms with Gasteiger partial charge < -0.3 is 14.7 Å². The highest BCUT2D eigenvalue weighted by Crippen LogP contribution is 2.33. The van der Waals surface area contributed by atoms with Gasteiger partial charge in [0.1, 0.15) is 0 Å². The van der Waals surface area contributed by atoms with Gasteiger partial charge in [0.15, 0.2) is 12.2 Å². The lowest BCUT2D eigenvalue weighted by Gasteiger charge is -2.40. The highest BCUT2D eigenvalue weighted by Gasteiger charge is 2.54. The largest absolute Gasteiger partial charge is 0.328 e. The zero-order chi connectivity index (χ0) is 18.6. The summed E-state index contributed by atoms with van der Waals surface area (Å²) in [5.74, 6) is 0.585. The van der Waals surface area contributed by atoms with Crippen molar-refractivity contribution in [2.45, 2.75) is 26.1 Å². The number of carbonyl (C=O) groups is 2. The Labute approximate surface area is 153 Å². The Kier molecular flexibility index (Phi) is 3.75. The first-order valence-electron chi connectivity index (χ1n) is 8.79. The minimum absolute atomic E-state index is 0.189. The number of carbonyl (C=O) groups excluding carboxylic acids is 2. The molecule has 3 heterocycles. The second-order valence-electron chi connectivity index (χ2n) is 7.25. The van der Waals surface area contributed by atoms with Crippen molar-refractivity contribution in [2.24, 2.45) is 4.99 Å². The average molecular weight is 353 g/mol. The van der Waals surface area contributed by atoms with Gasteiger partial charge in [0.2, 0.25) is 5.96 Å². The number of amides is 3. The number of nitrogens with zero attached hydrogens (tertiary/aromatic N) is 5. The van der Waals surface area contributed by atoms with Crippen LogP contribution in [0.1, 0.15) is 12.5 Å². The quantitative estimate of drug-likeness (QED) is 0.776. The molecule has 3 amide bonds. The lowest BCUT2D eigenvalue weighted by molar-refractivity contribution is -0.136. The molecule has 3 aliphatic heterocycles. The van der Waals surface area contributed by atoms with E-state index in [1.54, 1.807) is 11.9 Å². The zero-order valence-corrected chi connectivity index (χ0v) is 15.3. The number of urea groups is 1. The van der Waals surface area contributed by atoms with Crippen LogP contribution in [0.25, 0.3) is 0 Å². The predicted octanol–water partition coefficient (Wildman–Crippen LogP) is 1.65. The van der Waals surface area contributed by atoms with Gasteiger partial charge in [0.05, 0.1) is 6.54 Å². The molecule has 3 aliphatic rings. The smallest absolute Gasteiger partial charge is 0.325 e. The second kappa shape index (κ2) is 5.86. The van der Waals surface area contributed by atoms with Crippen LogP contribution in [0, 0.1) is 6.92 Å². The van der Waals surface area contributed by atoms with Crippen LogP contribution in [0.5, 0.6) is 0 Å². The summed E-state index contributed by atoms with van der Waals surface area (Å²) in [5, 5.41) is 0. The Balaban J connectivity index is 1.67. The average Bonchev–Trinajstić information content (AvgIpc) is 3.15. The van der Waals surface area contributed by atoms with Gasteiger partial charge in [0, 0.05) is 25.8 Å². The Bertz CT molecular complexity index is 833. The van der Waals surface area contributed by atoms with E-state index in [-0.39, 0.29) is 18.5 Å². The van der Waals surface area contributed by atoms with Crippen LogP contribution >= 0.6 is 0 Å². The van der Waals surface area contributed by atoms with E-state index in [1.165, 1.54) is 10.5 Å². The fourth-order valence-corrected chi connectivity index (χ4v) is 3.89. The summed E-state index contributed by atoms with van der Waals surface area (Å²) in [6.45, 7) is 9.44.